The van der Waals surface area contributed by atoms with Gasteiger partial charge in [-0.3, -0.25) is 4.68 Å². The first kappa shape index (κ1) is 15.0. The van der Waals surface area contributed by atoms with Crippen molar-refractivity contribution < 1.29 is 8.91 Å². The van der Waals surface area contributed by atoms with Gasteiger partial charge in [-0.15, -0.1) is 0 Å². The quantitative estimate of drug-likeness (QED) is 0.800. The lowest BCUT2D eigenvalue weighted by Gasteiger charge is -2.14. The molecule has 0 saturated carbocycles. The van der Waals surface area contributed by atoms with E-state index in [1.165, 1.54) is 17.7 Å². The fraction of sp³-hybridized carbons (Fsp3) is 0.353. The number of nitrogens with zero attached hydrogens (tertiary/aromatic N) is 4. The molecule has 24 heavy (non-hydrogen) atoms. The monoisotopic (exact) mass is 327 g/mol. The molecule has 3 heterocycles. The Labute approximate surface area is 138 Å². The van der Waals surface area contributed by atoms with Gasteiger partial charge in [0.25, 0.3) is 0 Å². The third-order valence-corrected chi connectivity index (χ3v) is 4.75. The molecule has 1 saturated heterocycles. The zero-order chi connectivity index (χ0) is 16.7. The van der Waals surface area contributed by atoms with E-state index in [4.69, 9.17) is 4.52 Å². The summed E-state index contributed by atoms with van der Waals surface area (Å²) in [5, 5.41) is 11.8. The SMILES string of the molecule is Cc1c([C@@H]2CNC[C@H]2c2nc(-c3ccc(F)cc3)no2)cnn1C. The van der Waals surface area contributed by atoms with Crippen LogP contribution in [-0.2, 0) is 7.05 Å². The molecule has 7 heteroatoms. The van der Waals surface area contributed by atoms with Gasteiger partial charge in [-0.05, 0) is 36.8 Å². The van der Waals surface area contributed by atoms with Crippen LogP contribution in [0.5, 0.6) is 0 Å². The largest absolute Gasteiger partial charge is 0.339 e. The highest BCUT2D eigenvalue weighted by molar-refractivity contribution is 5.53. The van der Waals surface area contributed by atoms with Crippen LogP contribution in [0.15, 0.2) is 35.0 Å². The standard InChI is InChI=1S/C17H18FN5O/c1-10-13(9-20-23(10)2)14-7-19-8-15(14)17-21-16(22-24-17)11-3-5-12(18)6-4-11/h3-6,9,14-15,19H,7-8H2,1-2H3/t14-,15+/m0/s1. The van der Waals surface area contributed by atoms with Gasteiger partial charge in [-0.1, -0.05) is 5.16 Å². The van der Waals surface area contributed by atoms with Crippen molar-refractivity contribution in [3.8, 4) is 11.4 Å². The molecule has 3 aromatic rings. The number of halogens is 1. The van der Waals surface area contributed by atoms with E-state index in [2.05, 4.69) is 27.5 Å². The predicted octanol–water partition coefficient (Wildman–Crippen LogP) is 2.39. The summed E-state index contributed by atoms with van der Waals surface area (Å²) >= 11 is 0. The van der Waals surface area contributed by atoms with Crippen molar-refractivity contribution >= 4 is 0 Å². The maximum atomic E-state index is 13.1. The van der Waals surface area contributed by atoms with Crippen LogP contribution in [0.3, 0.4) is 0 Å². The van der Waals surface area contributed by atoms with Crippen LogP contribution < -0.4 is 5.32 Å². The molecule has 1 aliphatic heterocycles. The van der Waals surface area contributed by atoms with E-state index in [-0.39, 0.29) is 17.7 Å². The number of rotatable bonds is 3. The fourth-order valence-corrected chi connectivity index (χ4v) is 3.25. The van der Waals surface area contributed by atoms with Gasteiger partial charge in [-0.2, -0.15) is 10.1 Å². The number of nitrogens with one attached hydrogen (secondary N) is 1. The van der Waals surface area contributed by atoms with E-state index in [9.17, 15) is 4.39 Å². The molecule has 124 valence electrons. The van der Waals surface area contributed by atoms with Crippen LogP contribution >= 0.6 is 0 Å². The lowest BCUT2D eigenvalue weighted by atomic mass is 9.89. The van der Waals surface area contributed by atoms with Gasteiger partial charge in [0.2, 0.25) is 11.7 Å². The molecule has 0 aliphatic carbocycles. The van der Waals surface area contributed by atoms with E-state index in [0.717, 1.165) is 24.3 Å². The summed E-state index contributed by atoms with van der Waals surface area (Å²) in [7, 11) is 1.94. The first-order valence-corrected chi connectivity index (χ1v) is 7.92. The molecule has 2 atom stereocenters. The summed E-state index contributed by atoms with van der Waals surface area (Å²) in [6, 6.07) is 6.09. The van der Waals surface area contributed by atoms with Crippen molar-refractivity contribution in [1.29, 1.82) is 0 Å². The van der Waals surface area contributed by atoms with Crippen molar-refractivity contribution in [3.63, 3.8) is 0 Å². The van der Waals surface area contributed by atoms with Crippen molar-refractivity contribution in [1.82, 2.24) is 25.2 Å². The summed E-state index contributed by atoms with van der Waals surface area (Å²) in [5.41, 5.74) is 3.09. The van der Waals surface area contributed by atoms with Crippen molar-refractivity contribution in [3.05, 3.63) is 53.4 Å². The summed E-state index contributed by atoms with van der Waals surface area (Å²) in [6.45, 7) is 3.70. The summed E-state index contributed by atoms with van der Waals surface area (Å²) < 4.78 is 20.4. The number of hydrogen-bond donors (Lipinski definition) is 1. The van der Waals surface area contributed by atoms with Crippen molar-refractivity contribution in [2.75, 3.05) is 13.1 Å². The first-order chi connectivity index (χ1) is 11.6. The van der Waals surface area contributed by atoms with Crippen molar-refractivity contribution in [2.45, 2.75) is 18.8 Å². The van der Waals surface area contributed by atoms with Gasteiger partial charge in [0, 0.05) is 37.3 Å². The normalized spacial score (nSPS) is 20.6. The number of benzene rings is 1. The molecule has 4 rings (SSSR count). The molecule has 0 amide bonds. The molecule has 0 radical (unpaired) electrons. The zero-order valence-electron chi connectivity index (χ0n) is 13.5. The Bertz CT molecular complexity index is 854. The van der Waals surface area contributed by atoms with Gasteiger partial charge in [0.05, 0.1) is 12.1 Å². The molecule has 0 spiro atoms. The summed E-state index contributed by atoms with van der Waals surface area (Å²) in [6.07, 6.45) is 1.91. The highest BCUT2D eigenvalue weighted by Gasteiger charge is 2.35. The number of hydrogen-bond acceptors (Lipinski definition) is 5. The van der Waals surface area contributed by atoms with Crippen LogP contribution in [0.4, 0.5) is 4.39 Å². The lowest BCUT2D eigenvalue weighted by Crippen LogP contribution is -2.10. The molecule has 1 aliphatic rings. The molecule has 1 aromatic carbocycles. The van der Waals surface area contributed by atoms with Gasteiger partial charge in [0.15, 0.2) is 0 Å². The van der Waals surface area contributed by atoms with E-state index in [1.807, 2.05) is 17.9 Å². The second-order valence-electron chi connectivity index (χ2n) is 6.14. The summed E-state index contributed by atoms with van der Waals surface area (Å²) in [5.74, 6) is 1.16. The Balaban J connectivity index is 1.63. The van der Waals surface area contributed by atoms with Gasteiger partial charge in [0.1, 0.15) is 5.82 Å². The fourth-order valence-electron chi connectivity index (χ4n) is 3.25. The Morgan fingerprint density at radius 1 is 1.21 bits per heavy atom. The predicted molar refractivity (Wildman–Crippen MR) is 86.0 cm³/mol. The molecular formula is C17H18FN5O. The maximum Gasteiger partial charge on any atom is 0.232 e. The maximum absolute atomic E-state index is 13.1. The zero-order valence-corrected chi connectivity index (χ0v) is 13.5. The van der Waals surface area contributed by atoms with Gasteiger partial charge >= 0.3 is 0 Å². The van der Waals surface area contributed by atoms with E-state index >= 15 is 0 Å². The molecule has 0 unspecified atom stereocenters. The van der Waals surface area contributed by atoms with Crippen LogP contribution in [-0.4, -0.2) is 33.0 Å². The van der Waals surface area contributed by atoms with Gasteiger partial charge in [-0.25, -0.2) is 4.39 Å². The van der Waals surface area contributed by atoms with Crippen LogP contribution in [0.2, 0.25) is 0 Å². The van der Waals surface area contributed by atoms with Crippen LogP contribution in [0, 0.1) is 12.7 Å². The third-order valence-electron chi connectivity index (χ3n) is 4.75. The Kier molecular flexibility index (Phi) is 3.65. The average Bonchev–Trinajstić information content (AvgIpc) is 3.29. The lowest BCUT2D eigenvalue weighted by molar-refractivity contribution is 0.351. The van der Waals surface area contributed by atoms with Crippen LogP contribution in [0.25, 0.3) is 11.4 Å². The topological polar surface area (TPSA) is 68.8 Å². The number of aromatic nitrogens is 4. The van der Waals surface area contributed by atoms with Gasteiger partial charge < -0.3 is 9.84 Å². The van der Waals surface area contributed by atoms with Crippen molar-refractivity contribution in [2.24, 2.45) is 7.05 Å². The molecule has 1 N–H and O–H groups in total. The highest BCUT2D eigenvalue weighted by Crippen LogP contribution is 2.36. The minimum atomic E-state index is -0.283. The van der Waals surface area contributed by atoms with E-state index in [1.54, 1.807) is 12.1 Å². The third kappa shape index (κ3) is 2.50. The highest BCUT2D eigenvalue weighted by atomic mass is 19.1. The Morgan fingerprint density at radius 3 is 2.67 bits per heavy atom. The number of aryl methyl sites for hydroxylation is 1. The molecule has 6 nitrogen and oxygen atoms in total. The molecule has 1 fully saturated rings. The molecule has 0 bridgehead atoms. The second kappa shape index (κ2) is 5.83. The van der Waals surface area contributed by atoms with E-state index in [0.29, 0.717) is 11.7 Å². The summed E-state index contributed by atoms with van der Waals surface area (Å²) in [4.78, 5) is 4.54. The smallest absolute Gasteiger partial charge is 0.232 e. The Morgan fingerprint density at radius 2 is 1.96 bits per heavy atom. The second-order valence-corrected chi connectivity index (χ2v) is 6.14. The average molecular weight is 327 g/mol. The Hall–Kier alpha value is -2.54. The minimum Gasteiger partial charge on any atom is -0.339 e. The molecule has 2 aromatic heterocycles. The van der Waals surface area contributed by atoms with E-state index < -0.39 is 0 Å². The minimum absolute atomic E-state index is 0.106. The first-order valence-electron chi connectivity index (χ1n) is 7.92. The molecular weight excluding hydrogens is 309 g/mol. The van der Waals surface area contributed by atoms with Crippen LogP contribution in [0.1, 0.15) is 29.0 Å².